The van der Waals surface area contributed by atoms with E-state index >= 15 is 0 Å². The van der Waals surface area contributed by atoms with Crippen molar-refractivity contribution in [2.24, 2.45) is 0 Å². The van der Waals surface area contributed by atoms with E-state index in [2.05, 4.69) is 20.2 Å². The van der Waals surface area contributed by atoms with Crippen molar-refractivity contribution in [1.82, 2.24) is 15.3 Å². The fourth-order valence-electron chi connectivity index (χ4n) is 2.06. The molecule has 0 aliphatic carbocycles. The van der Waals surface area contributed by atoms with Crippen LogP contribution in [0, 0.1) is 0 Å². The van der Waals surface area contributed by atoms with E-state index < -0.39 is 5.60 Å². The molecular weight excluding hydrogens is 280 g/mol. The van der Waals surface area contributed by atoms with E-state index in [1.54, 1.807) is 6.20 Å². The van der Waals surface area contributed by atoms with Crippen LogP contribution in [0.5, 0.6) is 0 Å². The standard InChI is InChI=1S/C13H19ClN4O2/c1-13(2,3)20-12(19)16-9-5-7-18(8-9)10-4-6-15-11(14)17-10/h4,6,9H,5,7-8H2,1-3H3,(H,16,19)/t9-/m1/s1. The van der Waals surface area contributed by atoms with Gasteiger partial charge in [0.25, 0.3) is 0 Å². The number of anilines is 1. The van der Waals surface area contributed by atoms with Gasteiger partial charge in [0.05, 0.1) is 6.04 Å². The van der Waals surface area contributed by atoms with E-state index in [1.165, 1.54) is 0 Å². The van der Waals surface area contributed by atoms with E-state index in [9.17, 15) is 4.79 Å². The molecule has 1 aromatic heterocycles. The summed E-state index contributed by atoms with van der Waals surface area (Å²) in [4.78, 5) is 21.8. The summed E-state index contributed by atoms with van der Waals surface area (Å²) in [5.41, 5.74) is -0.484. The van der Waals surface area contributed by atoms with Crippen LogP contribution in [-0.4, -0.2) is 40.8 Å². The lowest BCUT2D eigenvalue weighted by Crippen LogP contribution is -2.40. The van der Waals surface area contributed by atoms with Crippen LogP contribution in [0.4, 0.5) is 10.6 Å². The number of carbonyl (C=O) groups is 1. The normalized spacial score (nSPS) is 19.0. The van der Waals surface area contributed by atoms with E-state index in [0.29, 0.717) is 6.54 Å². The Kier molecular flexibility index (Phi) is 4.32. The van der Waals surface area contributed by atoms with Crippen LogP contribution < -0.4 is 10.2 Å². The number of alkyl carbamates (subject to hydrolysis) is 1. The van der Waals surface area contributed by atoms with Crippen molar-refractivity contribution < 1.29 is 9.53 Å². The van der Waals surface area contributed by atoms with E-state index in [1.807, 2.05) is 26.8 Å². The molecule has 1 atom stereocenters. The molecule has 1 saturated heterocycles. The van der Waals surface area contributed by atoms with Crippen molar-refractivity contribution in [2.75, 3.05) is 18.0 Å². The number of rotatable bonds is 2. The summed E-state index contributed by atoms with van der Waals surface area (Å²) >= 11 is 5.78. The van der Waals surface area contributed by atoms with Crippen LogP contribution in [0.15, 0.2) is 12.3 Å². The monoisotopic (exact) mass is 298 g/mol. The van der Waals surface area contributed by atoms with Gasteiger partial charge in [0.15, 0.2) is 0 Å². The zero-order valence-corrected chi connectivity index (χ0v) is 12.6. The highest BCUT2D eigenvalue weighted by Gasteiger charge is 2.26. The zero-order chi connectivity index (χ0) is 14.8. The number of aromatic nitrogens is 2. The number of hydrogen-bond acceptors (Lipinski definition) is 5. The van der Waals surface area contributed by atoms with Crippen molar-refractivity contribution in [3.05, 3.63) is 17.5 Å². The molecule has 0 aromatic carbocycles. The Morgan fingerprint density at radius 1 is 1.55 bits per heavy atom. The van der Waals surface area contributed by atoms with Gasteiger partial charge in [-0.2, -0.15) is 0 Å². The van der Waals surface area contributed by atoms with Gasteiger partial charge in [0, 0.05) is 19.3 Å². The Hall–Kier alpha value is -1.56. The van der Waals surface area contributed by atoms with Crippen LogP contribution in [0.25, 0.3) is 0 Å². The SMILES string of the molecule is CC(C)(C)OC(=O)N[C@@H]1CCN(c2ccnc(Cl)n2)C1. The van der Waals surface area contributed by atoms with E-state index in [4.69, 9.17) is 16.3 Å². The van der Waals surface area contributed by atoms with Crippen LogP contribution in [-0.2, 0) is 4.74 Å². The Balaban J connectivity index is 1.88. The second kappa shape index (κ2) is 5.83. The average molecular weight is 299 g/mol. The summed E-state index contributed by atoms with van der Waals surface area (Å²) in [6.07, 6.45) is 2.09. The second-order valence-electron chi connectivity index (χ2n) is 5.76. The molecule has 1 aliphatic heterocycles. The minimum Gasteiger partial charge on any atom is -0.444 e. The summed E-state index contributed by atoms with van der Waals surface area (Å²) in [6, 6.07) is 1.86. The minimum absolute atomic E-state index is 0.0543. The van der Waals surface area contributed by atoms with Gasteiger partial charge in [-0.05, 0) is 44.9 Å². The Bertz CT molecular complexity index is 490. The summed E-state index contributed by atoms with van der Waals surface area (Å²) in [6.45, 7) is 7.03. The Labute approximate surface area is 123 Å². The topological polar surface area (TPSA) is 67.3 Å². The van der Waals surface area contributed by atoms with Crippen molar-refractivity contribution in [1.29, 1.82) is 0 Å². The lowest BCUT2D eigenvalue weighted by molar-refractivity contribution is 0.0509. The first kappa shape index (κ1) is 14.8. The van der Waals surface area contributed by atoms with Gasteiger partial charge >= 0.3 is 6.09 Å². The van der Waals surface area contributed by atoms with Gasteiger partial charge in [0.1, 0.15) is 11.4 Å². The summed E-state index contributed by atoms with van der Waals surface area (Å²) in [7, 11) is 0. The first-order valence-corrected chi connectivity index (χ1v) is 6.94. The van der Waals surface area contributed by atoms with E-state index in [0.717, 1.165) is 18.8 Å². The lowest BCUT2D eigenvalue weighted by Gasteiger charge is -2.22. The highest BCUT2D eigenvalue weighted by molar-refractivity contribution is 6.28. The van der Waals surface area contributed by atoms with Gasteiger partial charge < -0.3 is 15.0 Å². The van der Waals surface area contributed by atoms with Gasteiger partial charge in [-0.3, -0.25) is 0 Å². The Morgan fingerprint density at radius 3 is 2.95 bits per heavy atom. The number of hydrogen-bond donors (Lipinski definition) is 1. The molecule has 0 spiro atoms. The summed E-state index contributed by atoms with van der Waals surface area (Å²) in [5, 5.41) is 3.10. The number of nitrogens with one attached hydrogen (secondary N) is 1. The maximum absolute atomic E-state index is 11.7. The lowest BCUT2D eigenvalue weighted by atomic mass is 10.2. The van der Waals surface area contributed by atoms with Gasteiger partial charge in [-0.15, -0.1) is 0 Å². The fourth-order valence-corrected chi connectivity index (χ4v) is 2.21. The number of nitrogens with zero attached hydrogens (tertiary/aromatic N) is 3. The summed E-state index contributed by atoms with van der Waals surface area (Å²) in [5.74, 6) is 0.776. The molecule has 0 bridgehead atoms. The Morgan fingerprint density at radius 2 is 2.30 bits per heavy atom. The highest BCUT2D eigenvalue weighted by Crippen LogP contribution is 2.19. The van der Waals surface area contributed by atoms with Crippen LogP contribution in [0.1, 0.15) is 27.2 Å². The number of carbonyl (C=O) groups excluding carboxylic acids is 1. The van der Waals surface area contributed by atoms with Gasteiger partial charge in [0.2, 0.25) is 5.28 Å². The molecule has 0 unspecified atom stereocenters. The molecule has 2 rings (SSSR count). The number of halogens is 1. The third kappa shape index (κ3) is 4.23. The average Bonchev–Trinajstić information content (AvgIpc) is 2.74. The number of amides is 1. The fraction of sp³-hybridized carbons (Fsp3) is 0.615. The van der Waals surface area contributed by atoms with Crippen molar-refractivity contribution in [3.63, 3.8) is 0 Å². The molecule has 0 saturated carbocycles. The zero-order valence-electron chi connectivity index (χ0n) is 11.9. The van der Waals surface area contributed by atoms with Crippen molar-refractivity contribution in [3.8, 4) is 0 Å². The molecule has 7 heteroatoms. The molecular formula is C13H19ClN4O2. The van der Waals surface area contributed by atoms with Crippen molar-refractivity contribution in [2.45, 2.75) is 38.8 Å². The van der Waals surface area contributed by atoms with Gasteiger partial charge in [-0.1, -0.05) is 0 Å². The third-order valence-corrected chi connectivity index (χ3v) is 3.03. The predicted octanol–water partition coefficient (Wildman–Crippen LogP) is 2.23. The maximum atomic E-state index is 11.7. The maximum Gasteiger partial charge on any atom is 0.407 e. The number of ether oxygens (including phenoxy) is 1. The molecule has 1 aliphatic rings. The molecule has 1 N–H and O–H groups in total. The molecule has 6 nitrogen and oxygen atoms in total. The van der Waals surface area contributed by atoms with Crippen LogP contribution in [0.2, 0.25) is 5.28 Å². The second-order valence-corrected chi connectivity index (χ2v) is 6.10. The first-order chi connectivity index (χ1) is 9.33. The quantitative estimate of drug-likeness (QED) is 0.848. The molecule has 1 amide bonds. The molecule has 1 aromatic rings. The molecule has 1 fully saturated rings. The molecule has 0 radical (unpaired) electrons. The van der Waals surface area contributed by atoms with Crippen LogP contribution in [0.3, 0.4) is 0 Å². The smallest absolute Gasteiger partial charge is 0.407 e. The van der Waals surface area contributed by atoms with E-state index in [-0.39, 0.29) is 17.4 Å². The molecule has 2 heterocycles. The molecule has 110 valence electrons. The van der Waals surface area contributed by atoms with Crippen molar-refractivity contribution >= 4 is 23.5 Å². The third-order valence-electron chi connectivity index (χ3n) is 2.84. The van der Waals surface area contributed by atoms with Gasteiger partial charge in [-0.25, -0.2) is 14.8 Å². The first-order valence-electron chi connectivity index (χ1n) is 6.56. The predicted molar refractivity (Wildman–Crippen MR) is 77.0 cm³/mol. The highest BCUT2D eigenvalue weighted by atomic mass is 35.5. The summed E-state index contributed by atoms with van der Waals surface area (Å²) < 4.78 is 5.24. The van der Waals surface area contributed by atoms with Crippen LogP contribution >= 0.6 is 11.6 Å². The largest absolute Gasteiger partial charge is 0.444 e. The molecule has 20 heavy (non-hydrogen) atoms. The minimum atomic E-state index is -0.484.